The van der Waals surface area contributed by atoms with Crippen molar-refractivity contribution in [3.8, 4) is 0 Å². The molecular weight excluding hydrogens is 226 g/mol. The zero-order chi connectivity index (χ0) is 12.6. The van der Waals surface area contributed by atoms with Gasteiger partial charge in [-0.05, 0) is 12.3 Å². The summed E-state index contributed by atoms with van der Waals surface area (Å²) in [4.78, 5) is 34.8. The van der Waals surface area contributed by atoms with Crippen molar-refractivity contribution in [1.82, 2.24) is 4.90 Å². The molecule has 2 N–H and O–H groups in total. The minimum atomic E-state index is -1.03. The number of carboxylic acids is 2. The molecule has 0 aromatic rings. The van der Waals surface area contributed by atoms with E-state index in [1.807, 2.05) is 0 Å². The Morgan fingerprint density at radius 1 is 1.35 bits per heavy atom. The minimum absolute atomic E-state index is 0.0256. The number of carbonyl (C=O) groups excluding carboxylic acids is 1. The Bertz CT molecular complexity index is 363. The molecule has 6 heteroatoms. The van der Waals surface area contributed by atoms with Crippen molar-refractivity contribution in [2.24, 2.45) is 11.8 Å². The Morgan fingerprint density at radius 3 is 2.41 bits per heavy atom. The maximum atomic E-state index is 11.6. The Morgan fingerprint density at radius 2 is 2.00 bits per heavy atom. The first kappa shape index (κ1) is 11.9. The van der Waals surface area contributed by atoms with E-state index in [9.17, 15) is 14.4 Å². The van der Waals surface area contributed by atoms with Gasteiger partial charge in [0.05, 0.1) is 5.92 Å². The molecule has 2 aliphatic rings. The maximum Gasteiger partial charge on any atom is 0.326 e. The van der Waals surface area contributed by atoms with Crippen LogP contribution in [0.4, 0.5) is 0 Å². The molecule has 0 aromatic heterocycles. The van der Waals surface area contributed by atoms with Crippen molar-refractivity contribution in [1.29, 1.82) is 0 Å². The summed E-state index contributed by atoms with van der Waals surface area (Å²) >= 11 is 0. The van der Waals surface area contributed by atoms with Gasteiger partial charge in [0, 0.05) is 13.0 Å². The molecule has 1 aliphatic heterocycles. The third-order valence-electron chi connectivity index (χ3n) is 3.42. The van der Waals surface area contributed by atoms with Gasteiger partial charge in [0.1, 0.15) is 6.04 Å². The van der Waals surface area contributed by atoms with Crippen LogP contribution in [0.25, 0.3) is 0 Å². The summed E-state index contributed by atoms with van der Waals surface area (Å²) in [6.07, 6.45) is 2.39. The van der Waals surface area contributed by atoms with Crippen molar-refractivity contribution in [2.45, 2.75) is 31.7 Å². The van der Waals surface area contributed by atoms with Crippen LogP contribution >= 0.6 is 0 Å². The molecular formula is C11H15NO5. The van der Waals surface area contributed by atoms with E-state index in [4.69, 9.17) is 10.2 Å². The van der Waals surface area contributed by atoms with Gasteiger partial charge in [0.15, 0.2) is 0 Å². The largest absolute Gasteiger partial charge is 0.481 e. The van der Waals surface area contributed by atoms with E-state index >= 15 is 0 Å². The summed E-state index contributed by atoms with van der Waals surface area (Å²) < 4.78 is 0. The average Bonchev–Trinajstić information content (AvgIpc) is 2.97. The van der Waals surface area contributed by atoms with Crippen molar-refractivity contribution in [2.75, 3.05) is 6.54 Å². The normalized spacial score (nSPS) is 26.0. The van der Waals surface area contributed by atoms with E-state index in [2.05, 4.69) is 0 Å². The fourth-order valence-corrected chi connectivity index (χ4v) is 2.23. The van der Waals surface area contributed by atoms with Crippen LogP contribution < -0.4 is 0 Å². The van der Waals surface area contributed by atoms with E-state index in [1.165, 1.54) is 4.90 Å². The quantitative estimate of drug-likeness (QED) is 0.715. The molecule has 94 valence electrons. The van der Waals surface area contributed by atoms with Crippen molar-refractivity contribution in [3.63, 3.8) is 0 Å². The summed E-state index contributed by atoms with van der Waals surface area (Å²) in [5, 5.41) is 17.9. The van der Waals surface area contributed by atoms with Crippen LogP contribution in [-0.2, 0) is 14.4 Å². The average molecular weight is 241 g/mol. The molecule has 0 spiro atoms. The Hall–Kier alpha value is -1.59. The van der Waals surface area contributed by atoms with Crippen LogP contribution in [0, 0.1) is 11.8 Å². The second-order valence-corrected chi connectivity index (χ2v) is 4.82. The number of hydrogen-bond donors (Lipinski definition) is 2. The number of hydrogen-bond acceptors (Lipinski definition) is 3. The first-order chi connectivity index (χ1) is 7.99. The van der Waals surface area contributed by atoms with Crippen LogP contribution in [0.5, 0.6) is 0 Å². The molecule has 2 atom stereocenters. The second-order valence-electron chi connectivity index (χ2n) is 4.82. The predicted molar refractivity (Wildman–Crippen MR) is 56.2 cm³/mol. The van der Waals surface area contributed by atoms with Gasteiger partial charge in [-0.1, -0.05) is 12.8 Å². The third kappa shape index (κ3) is 2.57. The van der Waals surface area contributed by atoms with Gasteiger partial charge in [-0.3, -0.25) is 9.59 Å². The highest BCUT2D eigenvalue weighted by molar-refractivity contribution is 5.89. The number of aliphatic carboxylic acids is 2. The molecule has 1 saturated heterocycles. The fraction of sp³-hybridized carbons (Fsp3) is 0.727. The SMILES string of the molecule is O=C(O)C1CC(=O)N([C@@H](CC2CC2)C(=O)O)C1. The third-order valence-corrected chi connectivity index (χ3v) is 3.42. The lowest BCUT2D eigenvalue weighted by Crippen LogP contribution is -2.42. The number of rotatable bonds is 5. The highest BCUT2D eigenvalue weighted by Gasteiger charge is 2.42. The van der Waals surface area contributed by atoms with E-state index in [1.54, 1.807) is 0 Å². The minimum Gasteiger partial charge on any atom is -0.481 e. The summed E-state index contributed by atoms with van der Waals surface area (Å²) in [7, 11) is 0. The predicted octanol–water partition coefficient (Wildman–Crippen LogP) is 0.173. The van der Waals surface area contributed by atoms with E-state index in [-0.39, 0.29) is 18.9 Å². The standard InChI is InChI=1S/C11H15NO5/c13-9-4-7(10(14)15)5-12(9)8(11(16)17)3-6-1-2-6/h6-8H,1-5H2,(H,14,15)(H,16,17)/t7?,8-/m0/s1. The Balaban J connectivity index is 2.05. The first-order valence-corrected chi connectivity index (χ1v) is 5.74. The van der Waals surface area contributed by atoms with Gasteiger partial charge < -0.3 is 15.1 Å². The van der Waals surface area contributed by atoms with Crippen LogP contribution in [-0.4, -0.2) is 45.5 Å². The molecule has 17 heavy (non-hydrogen) atoms. The molecule has 1 amide bonds. The number of carboxylic acid groups (broad SMARTS) is 2. The Kier molecular flexibility index (Phi) is 3.04. The molecule has 0 bridgehead atoms. The molecule has 0 aromatic carbocycles. The van der Waals surface area contributed by atoms with E-state index < -0.39 is 23.9 Å². The van der Waals surface area contributed by atoms with Gasteiger partial charge in [-0.2, -0.15) is 0 Å². The molecule has 6 nitrogen and oxygen atoms in total. The van der Waals surface area contributed by atoms with Crippen molar-refractivity contribution >= 4 is 17.8 Å². The molecule has 2 rings (SSSR count). The van der Waals surface area contributed by atoms with Crippen LogP contribution in [0.1, 0.15) is 25.7 Å². The monoisotopic (exact) mass is 241 g/mol. The van der Waals surface area contributed by atoms with Gasteiger partial charge in [-0.25, -0.2) is 4.79 Å². The first-order valence-electron chi connectivity index (χ1n) is 5.74. The van der Waals surface area contributed by atoms with Gasteiger partial charge in [-0.15, -0.1) is 0 Å². The van der Waals surface area contributed by atoms with Crippen LogP contribution in [0.3, 0.4) is 0 Å². The number of carbonyl (C=O) groups is 3. The lowest BCUT2D eigenvalue weighted by atomic mass is 10.1. The van der Waals surface area contributed by atoms with Crippen LogP contribution in [0.15, 0.2) is 0 Å². The second kappa shape index (κ2) is 4.35. The summed E-state index contributed by atoms with van der Waals surface area (Å²) in [6.45, 7) is 0.0256. The zero-order valence-corrected chi connectivity index (χ0v) is 9.33. The molecule has 1 saturated carbocycles. The van der Waals surface area contributed by atoms with Crippen LogP contribution in [0.2, 0.25) is 0 Å². The highest BCUT2D eigenvalue weighted by Crippen LogP contribution is 2.36. The molecule has 1 aliphatic carbocycles. The topological polar surface area (TPSA) is 94.9 Å². The summed E-state index contributed by atoms with van der Waals surface area (Å²) in [6, 6.07) is -0.848. The lowest BCUT2D eigenvalue weighted by molar-refractivity contribution is -0.149. The molecule has 1 unspecified atom stereocenters. The van der Waals surface area contributed by atoms with E-state index in [0.29, 0.717) is 12.3 Å². The fourth-order valence-electron chi connectivity index (χ4n) is 2.23. The number of amides is 1. The molecule has 2 fully saturated rings. The maximum absolute atomic E-state index is 11.6. The van der Waals surface area contributed by atoms with Crippen molar-refractivity contribution in [3.05, 3.63) is 0 Å². The highest BCUT2D eigenvalue weighted by atomic mass is 16.4. The zero-order valence-electron chi connectivity index (χ0n) is 9.33. The number of likely N-dealkylation sites (tertiary alicyclic amines) is 1. The Labute approximate surface area is 98.2 Å². The molecule has 1 heterocycles. The van der Waals surface area contributed by atoms with Crippen molar-refractivity contribution < 1.29 is 24.6 Å². The number of nitrogens with zero attached hydrogens (tertiary/aromatic N) is 1. The lowest BCUT2D eigenvalue weighted by Gasteiger charge is -2.24. The summed E-state index contributed by atoms with van der Waals surface area (Å²) in [5.41, 5.74) is 0. The molecule has 0 radical (unpaired) electrons. The van der Waals surface area contributed by atoms with Gasteiger partial charge >= 0.3 is 11.9 Å². The van der Waals surface area contributed by atoms with Gasteiger partial charge in [0.2, 0.25) is 5.91 Å². The summed E-state index contributed by atoms with van der Waals surface area (Å²) in [5.74, 6) is -2.80. The van der Waals surface area contributed by atoms with Gasteiger partial charge in [0.25, 0.3) is 0 Å². The van der Waals surface area contributed by atoms with E-state index in [0.717, 1.165) is 12.8 Å². The smallest absolute Gasteiger partial charge is 0.326 e.